The molecule has 0 aromatic heterocycles. The van der Waals surface area contributed by atoms with Gasteiger partial charge in [0.2, 0.25) is 0 Å². The summed E-state index contributed by atoms with van der Waals surface area (Å²) in [5, 5.41) is 4.35. The molecule has 1 heterocycles. The molecule has 0 spiro atoms. The van der Waals surface area contributed by atoms with E-state index in [-0.39, 0.29) is 11.7 Å². The van der Waals surface area contributed by atoms with Crippen molar-refractivity contribution in [1.82, 2.24) is 5.32 Å². The van der Waals surface area contributed by atoms with E-state index in [0.29, 0.717) is 37.2 Å². The van der Waals surface area contributed by atoms with E-state index in [1.54, 1.807) is 24.3 Å². The van der Waals surface area contributed by atoms with Crippen LogP contribution in [0.2, 0.25) is 0 Å². The average molecular weight is 514 g/mol. The van der Waals surface area contributed by atoms with Crippen LogP contribution in [-0.2, 0) is 4.79 Å². The van der Waals surface area contributed by atoms with Crippen LogP contribution in [0.5, 0.6) is 11.5 Å². The molecule has 0 unspecified atom stereocenters. The summed E-state index contributed by atoms with van der Waals surface area (Å²) < 4.78 is 12.4. The molecule has 1 amide bonds. The smallest absolute Gasteiger partial charge is 0.344 e. The van der Waals surface area contributed by atoms with Crippen molar-refractivity contribution in [2.24, 2.45) is 0 Å². The van der Waals surface area contributed by atoms with Crippen molar-refractivity contribution in [3.8, 4) is 11.5 Å². The summed E-state index contributed by atoms with van der Waals surface area (Å²) in [5.74, 6) is -0.0551. The number of halogens is 1. The first kappa shape index (κ1) is 21.5. The molecular weight excluding hydrogens is 498 g/mol. The van der Waals surface area contributed by atoms with Crippen LogP contribution in [0.1, 0.15) is 22.8 Å². The zero-order valence-corrected chi connectivity index (χ0v) is 19.5. The van der Waals surface area contributed by atoms with Crippen LogP contribution < -0.4 is 14.8 Å². The van der Waals surface area contributed by atoms with E-state index in [2.05, 4.69) is 21.2 Å². The number of rotatable bonds is 5. The van der Waals surface area contributed by atoms with E-state index >= 15 is 0 Å². The summed E-state index contributed by atoms with van der Waals surface area (Å²) >= 11 is 9.70. The largest absolute Gasteiger partial charge is 0.490 e. The molecule has 1 aliphatic rings. The highest BCUT2D eigenvalue weighted by molar-refractivity contribution is 9.10. The third-order valence-electron chi connectivity index (χ3n) is 4.48. The maximum absolute atomic E-state index is 13.0. The van der Waals surface area contributed by atoms with Gasteiger partial charge in [-0.2, -0.15) is 0 Å². The van der Waals surface area contributed by atoms with Crippen LogP contribution in [0, 0.1) is 0 Å². The normalized spacial score (nSPS) is 14.7. The Morgan fingerprint density at radius 3 is 2.71 bits per heavy atom. The topological polar surface area (TPSA) is 64.6 Å². The van der Waals surface area contributed by atoms with Gasteiger partial charge in [-0.15, -0.1) is 0 Å². The van der Waals surface area contributed by atoms with Crippen LogP contribution in [0.3, 0.4) is 0 Å². The number of ether oxygens (including phenoxy) is 2. The first-order valence-corrected chi connectivity index (χ1v) is 11.4. The highest BCUT2D eigenvalue weighted by Gasteiger charge is 2.23. The van der Waals surface area contributed by atoms with Crippen LogP contribution in [0.4, 0.5) is 0 Å². The predicted octanol–water partition coefficient (Wildman–Crippen LogP) is 5.71. The van der Waals surface area contributed by atoms with Gasteiger partial charge in [-0.3, -0.25) is 4.79 Å². The van der Waals surface area contributed by atoms with Crippen molar-refractivity contribution < 1.29 is 19.1 Å². The molecule has 8 heteroatoms. The lowest BCUT2D eigenvalue weighted by molar-refractivity contribution is -0.115. The molecule has 5 nitrogen and oxygen atoms in total. The van der Waals surface area contributed by atoms with Crippen molar-refractivity contribution >= 4 is 73.0 Å². The van der Waals surface area contributed by atoms with Gasteiger partial charge >= 0.3 is 5.97 Å². The highest BCUT2D eigenvalue weighted by atomic mass is 79.9. The minimum absolute atomic E-state index is 0.240. The Morgan fingerprint density at radius 1 is 1.19 bits per heavy atom. The third-order valence-corrected chi connectivity index (χ3v) is 6.23. The molecule has 0 bridgehead atoms. The number of hydrogen-bond donors (Lipinski definition) is 1. The van der Waals surface area contributed by atoms with Crippen molar-refractivity contribution in [3.63, 3.8) is 0 Å². The van der Waals surface area contributed by atoms with E-state index in [9.17, 15) is 9.59 Å². The fourth-order valence-electron chi connectivity index (χ4n) is 3.16. The summed E-state index contributed by atoms with van der Waals surface area (Å²) in [7, 11) is 0. The monoisotopic (exact) mass is 513 g/mol. The molecule has 31 heavy (non-hydrogen) atoms. The summed E-state index contributed by atoms with van der Waals surface area (Å²) in [6, 6.07) is 16.6. The van der Waals surface area contributed by atoms with Gasteiger partial charge < -0.3 is 14.8 Å². The molecule has 156 valence electrons. The lowest BCUT2D eigenvalue weighted by Gasteiger charge is -2.14. The van der Waals surface area contributed by atoms with Crippen molar-refractivity contribution in [2.45, 2.75) is 6.92 Å². The number of nitrogens with one attached hydrogen (secondary N) is 1. The Kier molecular flexibility index (Phi) is 6.41. The predicted molar refractivity (Wildman–Crippen MR) is 131 cm³/mol. The van der Waals surface area contributed by atoms with Gasteiger partial charge in [-0.1, -0.05) is 60.4 Å². The van der Waals surface area contributed by atoms with Crippen LogP contribution in [0.25, 0.3) is 16.8 Å². The Labute approximate surface area is 196 Å². The highest BCUT2D eigenvalue weighted by Crippen LogP contribution is 2.39. The number of carbonyl (C=O) groups is 2. The number of amides is 1. The molecular formula is C23H16BrNO4S2. The van der Waals surface area contributed by atoms with Crippen LogP contribution in [-0.4, -0.2) is 22.8 Å². The number of esters is 1. The molecule has 0 atom stereocenters. The van der Waals surface area contributed by atoms with Gasteiger partial charge in [0.05, 0.1) is 21.5 Å². The summed E-state index contributed by atoms with van der Waals surface area (Å²) in [5.41, 5.74) is 1.17. The van der Waals surface area contributed by atoms with Crippen molar-refractivity contribution in [3.05, 3.63) is 75.1 Å². The molecule has 1 fully saturated rings. The van der Waals surface area contributed by atoms with E-state index < -0.39 is 5.97 Å². The molecule has 0 radical (unpaired) electrons. The number of carbonyl (C=O) groups excluding carboxylic acids is 2. The Balaban J connectivity index is 1.69. The molecule has 3 aromatic rings. The zero-order valence-electron chi connectivity index (χ0n) is 16.3. The first-order chi connectivity index (χ1) is 15.0. The molecule has 0 aliphatic carbocycles. The van der Waals surface area contributed by atoms with E-state index in [1.807, 2.05) is 43.3 Å². The Hall–Kier alpha value is -2.68. The quantitative estimate of drug-likeness (QED) is 0.204. The molecule has 3 aromatic carbocycles. The minimum atomic E-state index is -0.486. The SMILES string of the molecule is CCOc1cc(/C=C2\SC(=S)NC2=O)cc(Br)c1OC(=O)c1cccc2ccccc12. The summed E-state index contributed by atoms with van der Waals surface area (Å²) in [6.07, 6.45) is 1.71. The summed E-state index contributed by atoms with van der Waals surface area (Å²) in [4.78, 5) is 25.4. The van der Waals surface area contributed by atoms with Gasteiger partial charge in [0.15, 0.2) is 11.5 Å². The third kappa shape index (κ3) is 4.66. The summed E-state index contributed by atoms with van der Waals surface area (Å²) in [6.45, 7) is 2.22. The average Bonchev–Trinajstić information content (AvgIpc) is 3.06. The Morgan fingerprint density at radius 2 is 1.97 bits per heavy atom. The maximum atomic E-state index is 13.0. The van der Waals surface area contributed by atoms with E-state index in [0.717, 1.165) is 10.8 Å². The second kappa shape index (κ2) is 9.21. The van der Waals surface area contributed by atoms with E-state index in [4.69, 9.17) is 21.7 Å². The fraction of sp³-hybridized carbons (Fsp3) is 0.0870. The van der Waals surface area contributed by atoms with Crippen molar-refractivity contribution in [2.75, 3.05) is 6.61 Å². The molecule has 1 aliphatic heterocycles. The van der Waals surface area contributed by atoms with Gasteiger partial charge in [-0.05, 0) is 63.5 Å². The first-order valence-electron chi connectivity index (χ1n) is 9.37. The molecule has 0 saturated carbocycles. The van der Waals surface area contributed by atoms with Crippen molar-refractivity contribution in [1.29, 1.82) is 0 Å². The Bertz CT molecular complexity index is 1250. The zero-order chi connectivity index (χ0) is 22.0. The second-order valence-corrected chi connectivity index (χ2v) is 9.10. The molecule has 4 rings (SSSR count). The van der Waals surface area contributed by atoms with Gasteiger partial charge in [0, 0.05) is 0 Å². The lowest BCUT2D eigenvalue weighted by atomic mass is 10.0. The molecule has 1 saturated heterocycles. The van der Waals surface area contributed by atoms with Gasteiger partial charge in [0.25, 0.3) is 5.91 Å². The number of hydrogen-bond acceptors (Lipinski definition) is 6. The van der Waals surface area contributed by atoms with Crippen LogP contribution in [0.15, 0.2) is 64.0 Å². The second-order valence-electron chi connectivity index (χ2n) is 6.53. The number of thiocarbonyl (C=S) groups is 1. The standard InChI is InChI=1S/C23H16BrNO4S2/c1-2-28-18-11-13(12-19-21(26)25-23(30)31-19)10-17(24)20(18)29-22(27)16-9-5-7-14-6-3-4-8-15(14)16/h3-12H,2H2,1H3,(H,25,26,30)/b19-12-. The van der Waals surface area contributed by atoms with E-state index in [1.165, 1.54) is 11.8 Å². The maximum Gasteiger partial charge on any atom is 0.344 e. The minimum Gasteiger partial charge on any atom is -0.490 e. The van der Waals surface area contributed by atoms with Gasteiger partial charge in [-0.25, -0.2) is 4.79 Å². The molecule has 1 N–H and O–H groups in total. The number of fused-ring (bicyclic) bond motifs is 1. The number of benzene rings is 3. The fourth-order valence-corrected chi connectivity index (χ4v) is 4.74. The number of thioether (sulfide) groups is 1. The lowest BCUT2D eigenvalue weighted by Crippen LogP contribution is -2.17. The van der Waals surface area contributed by atoms with Crippen LogP contribution >= 0.6 is 39.9 Å². The van der Waals surface area contributed by atoms with Gasteiger partial charge in [0.1, 0.15) is 4.32 Å².